The molecular weight excluding hydrogens is 416 g/mol. The first-order valence-corrected chi connectivity index (χ1v) is 11.6. The number of hydrogen-bond donors (Lipinski definition) is 0. The Morgan fingerprint density at radius 3 is 2.70 bits per heavy atom. The van der Waals surface area contributed by atoms with Gasteiger partial charge in [0.15, 0.2) is 0 Å². The molecule has 0 atom stereocenters. The SMILES string of the molecule is CC(=O)N(C)C1CCC2(CC1)CN(C(=O)c1cn3ccc(C)cc3n1)Cc1ccccc1O2. The van der Waals surface area contributed by atoms with Crippen LogP contribution in [0.3, 0.4) is 0 Å². The van der Waals surface area contributed by atoms with Crippen LogP contribution in [-0.2, 0) is 11.3 Å². The van der Waals surface area contributed by atoms with Crippen LogP contribution < -0.4 is 4.74 Å². The van der Waals surface area contributed by atoms with Gasteiger partial charge in [0.25, 0.3) is 5.91 Å². The van der Waals surface area contributed by atoms with Gasteiger partial charge in [-0.1, -0.05) is 18.2 Å². The van der Waals surface area contributed by atoms with E-state index in [2.05, 4.69) is 4.98 Å². The molecular formula is C26H30N4O3. The third kappa shape index (κ3) is 4.08. The number of ether oxygens (including phenoxy) is 1. The summed E-state index contributed by atoms with van der Waals surface area (Å²) < 4.78 is 8.53. The number of imidazole rings is 1. The smallest absolute Gasteiger partial charge is 0.274 e. The topological polar surface area (TPSA) is 67.2 Å². The number of nitrogens with zero attached hydrogens (tertiary/aromatic N) is 4. The molecule has 2 amide bonds. The van der Waals surface area contributed by atoms with Crippen molar-refractivity contribution in [1.82, 2.24) is 19.2 Å². The molecule has 7 nitrogen and oxygen atoms in total. The fourth-order valence-corrected chi connectivity index (χ4v) is 5.13. The Labute approximate surface area is 194 Å². The van der Waals surface area contributed by atoms with Gasteiger partial charge in [-0.25, -0.2) is 4.98 Å². The molecule has 1 saturated carbocycles. The summed E-state index contributed by atoms with van der Waals surface area (Å²) in [7, 11) is 1.87. The van der Waals surface area contributed by atoms with Gasteiger partial charge in [-0.2, -0.15) is 0 Å². The predicted octanol–water partition coefficient (Wildman–Crippen LogP) is 3.84. The van der Waals surface area contributed by atoms with Crippen LogP contribution in [0, 0.1) is 6.92 Å². The molecule has 33 heavy (non-hydrogen) atoms. The highest BCUT2D eigenvalue weighted by Gasteiger charge is 2.43. The van der Waals surface area contributed by atoms with Crippen LogP contribution in [0.25, 0.3) is 5.65 Å². The van der Waals surface area contributed by atoms with Crippen molar-refractivity contribution in [2.24, 2.45) is 0 Å². The summed E-state index contributed by atoms with van der Waals surface area (Å²) >= 11 is 0. The van der Waals surface area contributed by atoms with Crippen molar-refractivity contribution in [3.63, 3.8) is 0 Å². The number of aromatic nitrogens is 2. The molecule has 1 spiro atoms. The maximum Gasteiger partial charge on any atom is 0.274 e. The molecule has 1 aliphatic heterocycles. The number of amides is 2. The number of hydrogen-bond acceptors (Lipinski definition) is 4. The van der Waals surface area contributed by atoms with Gasteiger partial charge in [0.05, 0.1) is 6.54 Å². The maximum absolute atomic E-state index is 13.6. The monoisotopic (exact) mass is 446 g/mol. The number of rotatable bonds is 2. The predicted molar refractivity (Wildman–Crippen MR) is 125 cm³/mol. The van der Waals surface area contributed by atoms with Gasteiger partial charge in [0.1, 0.15) is 22.7 Å². The lowest BCUT2D eigenvalue weighted by Crippen LogP contribution is -2.52. The van der Waals surface area contributed by atoms with Gasteiger partial charge >= 0.3 is 0 Å². The molecule has 3 aromatic rings. The summed E-state index contributed by atoms with van der Waals surface area (Å²) in [6.45, 7) is 4.62. The van der Waals surface area contributed by atoms with Crippen LogP contribution in [0.1, 0.15) is 54.2 Å². The van der Waals surface area contributed by atoms with E-state index >= 15 is 0 Å². The van der Waals surface area contributed by atoms with E-state index in [0.29, 0.717) is 18.8 Å². The first-order chi connectivity index (χ1) is 15.8. The van der Waals surface area contributed by atoms with Crippen LogP contribution in [0.4, 0.5) is 0 Å². The minimum absolute atomic E-state index is 0.0843. The van der Waals surface area contributed by atoms with Crippen molar-refractivity contribution < 1.29 is 14.3 Å². The average Bonchev–Trinajstić information content (AvgIpc) is 3.15. The zero-order valence-corrected chi connectivity index (χ0v) is 19.5. The van der Waals surface area contributed by atoms with E-state index < -0.39 is 5.60 Å². The lowest BCUT2D eigenvalue weighted by molar-refractivity contribution is -0.131. The van der Waals surface area contributed by atoms with Crippen molar-refractivity contribution in [3.05, 3.63) is 65.6 Å². The summed E-state index contributed by atoms with van der Waals surface area (Å²) in [6.07, 6.45) is 7.03. The van der Waals surface area contributed by atoms with Crippen molar-refractivity contribution in [2.75, 3.05) is 13.6 Å². The lowest BCUT2D eigenvalue weighted by atomic mass is 9.81. The van der Waals surface area contributed by atoms with Crippen molar-refractivity contribution in [2.45, 2.75) is 57.7 Å². The van der Waals surface area contributed by atoms with Crippen LogP contribution in [-0.4, -0.2) is 56.2 Å². The zero-order valence-electron chi connectivity index (χ0n) is 19.5. The largest absolute Gasteiger partial charge is 0.485 e. The summed E-state index contributed by atoms with van der Waals surface area (Å²) in [5.41, 5.74) is 2.86. The summed E-state index contributed by atoms with van der Waals surface area (Å²) in [5, 5.41) is 0. The Hall–Kier alpha value is -3.35. The highest BCUT2D eigenvalue weighted by atomic mass is 16.5. The van der Waals surface area contributed by atoms with Gasteiger partial charge in [-0.15, -0.1) is 0 Å². The molecule has 0 saturated heterocycles. The Kier molecular flexibility index (Phi) is 5.35. The molecule has 0 radical (unpaired) electrons. The number of fused-ring (bicyclic) bond motifs is 2. The minimum Gasteiger partial charge on any atom is -0.485 e. The third-order valence-corrected chi connectivity index (χ3v) is 7.17. The van der Waals surface area contributed by atoms with Crippen LogP contribution >= 0.6 is 0 Å². The number of carbonyl (C=O) groups excluding carboxylic acids is 2. The van der Waals surface area contributed by atoms with E-state index in [0.717, 1.165) is 48.2 Å². The summed E-state index contributed by atoms with van der Waals surface area (Å²) in [6, 6.07) is 12.2. The molecule has 172 valence electrons. The molecule has 0 unspecified atom stereocenters. The second kappa shape index (κ2) is 8.21. The molecule has 1 aliphatic carbocycles. The third-order valence-electron chi connectivity index (χ3n) is 7.17. The first kappa shape index (κ1) is 21.5. The molecule has 0 N–H and O–H groups in total. The van der Waals surface area contributed by atoms with Gasteiger partial charge in [-0.3, -0.25) is 9.59 Å². The number of aryl methyl sites for hydroxylation is 1. The highest BCUT2D eigenvalue weighted by Crippen LogP contribution is 2.39. The lowest BCUT2D eigenvalue weighted by Gasteiger charge is -2.43. The van der Waals surface area contributed by atoms with Gasteiger partial charge in [-0.05, 0) is 56.4 Å². The highest BCUT2D eigenvalue weighted by molar-refractivity contribution is 5.93. The Morgan fingerprint density at radius 2 is 1.94 bits per heavy atom. The van der Waals surface area contributed by atoms with Crippen molar-refractivity contribution in [3.8, 4) is 5.75 Å². The van der Waals surface area contributed by atoms with E-state index in [1.165, 1.54) is 0 Å². The molecule has 2 aliphatic rings. The van der Waals surface area contributed by atoms with Crippen molar-refractivity contribution >= 4 is 17.5 Å². The van der Waals surface area contributed by atoms with Crippen LogP contribution in [0.2, 0.25) is 0 Å². The maximum atomic E-state index is 13.6. The normalized spacial score (nSPS) is 22.5. The van der Waals surface area contributed by atoms with Crippen molar-refractivity contribution in [1.29, 1.82) is 0 Å². The number of benzene rings is 1. The Bertz CT molecular complexity index is 1210. The second-order valence-corrected chi connectivity index (χ2v) is 9.51. The molecule has 1 aromatic carbocycles. The first-order valence-electron chi connectivity index (χ1n) is 11.6. The molecule has 5 rings (SSSR count). The molecule has 7 heteroatoms. The summed E-state index contributed by atoms with van der Waals surface area (Å²) in [5.74, 6) is 0.845. The fraction of sp³-hybridized carbons (Fsp3) is 0.423. The van der Waals surface area contributed by atoms with E-state index in [9.17, 15) is 9.59 Å². The molecule has 2 aromatic heterocycles. The number of pyridine rings is 1. The van der Waals surface area contributed by atoms with E-state index in [4.69, 9.17) is 4.74 Å². The van der Waals surface area contributed by atoms with E-state index in [1.807, 2.05) is 70.8 Å². The van der Waals surface area contributed by atoms with Gasteiger partial charge in [0, 0.05) is 44.5 Å². The Balaban J connectivity index is 1.45. The summed E-state index contributed by atoms with van der Waals surface area (Å²) in [4.78, 5) is 33.8. The number of para-hydroxylation sites is 1. The Morgan fingerprint density at radius 1 is 1.18 bits per heavy atom. The number of carbonyl (C=O) groups is 2. The second-order valence-electron chi connectivity index (χ2n) is 9.51. The average molecular weight is 447 g/mol. The zero-order chi connectivity index (χ0) is 23.2. The van der Waals surface area contributed by atoms with Gasteiger partial charge < -0.3 is 18.9 Å². The van der Waals surface area contributed by atoms with E-state index in [-0.39, 0.29) is 17.9 Å². The quantitative estimate of drug-likeness (QED) is 0.600. The molecule has 0 bridgehead atoms. The fourth-order valence-electron chi connectivity index (χ4n) is 5.13. The van der Waals surface area contributed by atoms with Crippen LogP contribution in [0.5, 0.6) is 5.75 Å². The van der Waals surface area contributed by atoms with Crippen LogP contribution in [0.15, 0.2) is 48.8 Å². The molecule has 1 fully saturated rings. The van der Waals surface area contributed by atoms with Gasteiger partial charge in [0.2, 0.25) is 5.91 Å². The minimum atomic E-state index is -0.466. The van der Waals surface area contributed by atoms with E-state index in [1.54, 1.807) is 13.1 Å². The standard InChI is InChI=1S/C26H30N4O3/c1-18-10-13-29-16-22(27-24(29)14-18)25(32)30-15-20-6-4-5-7-23(20)33-26(17-30)11-8-21(9-12-26)28(3)19(2)31/h4-7,10,13-14,16,21H,8-9,11-12,15,17H2,1-3H3. The molecule has 3 heterocycles.